The van der Waals surface area contributed by atoms with Crippen LogP contribution in [0.25, 0.3) is 0 Å². The van der Waals surface area contributed by atoms with E-state index in [1.165, 1.54) is 0 Å². The van der Waals surface area contributed by atoms with Gasteiger partial charge in [-0.25, -0.2) is 0 Å². The summed E-state index contributed by atoms with van der Waals surface area (Å²) in [5, 5.41) is 12.1. The van der Waals surface area contributed by atoms with E-state index in [1.807, 2.05) is 30.7 Å². The highest BCUT2D eigenvalue weighted by Gasteiger charge is 2.28. The minimum absolute atomic E-state index is 0.0562. The standard InChI is InChI=1S/C13H19BrN2O2/c1-13(2,8-17)7-15-12(18)11-5-9(14)6-16(11)10-3-4-10/h5-6,10,17H,3-4,7-8H2,1-2H3,(H,15,18). The number of hydrogen-bond acceptors (Lipinski definition) is 2. The fourth-order valence-electron chi connectivity index (χ4n) is 1.75. The Morgan fingerprint density at radius 2 is 2.28 bits per heavy atom. The highest BCUT2D eigenvalue weighted by molar-refractivity contribution is 9.10. The first-order valence-corrected chi connectivity index (χ1v) is 6.99. The molecule has 4 nitrogen and oxygen atoms in total. The molecule has 100 valence electrons. The molecule has 0 saturated heterocycles. The molecule has 1 fully saturated rings. The van der Waals surface area contributed by atoms with Gasteiger partial charge in [-0.2, -0.15) is 0 Å². The zero-order valence-corrected chi connectivity index (χ0v) is 12.3. The summed E-state index contributed by atoms with van der Waals surface area (Å²) in [6, 6.07) is 2.32. The fraction of sp³-hybridized carbons (Fsp3) is 0.615. The number of aliphatic hydroxyl groups is 1. The van der Waals surface area contributed by atoms with Crippen molar-refractivity contribution in [1.29, 1.82) is 0 Å². The molecular formula is C13H19BrN2O2. The maximum Gasteiger partial charge on any atom is 0.267 e. The number of nitrogens with one attached hydrogen (secondary N) is 1. The summed E-state index contributed by atoms with van der Waals surface area (Å²) in [5.74, 6) is -0.0749. The molecule has 2 rings (SSSR count). The Labute approximate surface area is 116 Å². The Balaban J connectivity index is 2.04. The van der Waals surface area contributed by atoms with E-state index in [0.29, 0.717) is 18.3 Å². The van der Waals surface area contributed by atoms with Crippen molar-refractivity contribution in [2.24, 2.45) is 5.41 Å². The summed E-state index contributed by atoms with van der Waals surface area (Å²) in [6.45, 7) is 4.36. The molecule has 0 spiro atoms. The number of aromatic nitrogens is 1. The van der Waals surface area contributed by atoms with Crippen LogP contribution in [0, 0.1) is 5.41 Å². The Kier molecular flexibility index (Phi) is 3.82. The molecule has 0 aromatic carbocycles. The van der Waals surface area contributed by atoms with Crippen LogP contribution in [0.2, 0.25) is 0 Å². The minimum Gasteiger partial charge on any atom is -0.396 e. The molecule has 5 heteroatoms. The molecule has 0 atom stereocenters. The van der Waals surface area contributed by atoms with Gasteiger partial charge in [0, 0.05) is 35.3 Å². The van der Waals surface area contributed by atoms with Crippen LogP contribution in [0.1, 0.15) is 43.2 Å². The fourth-order valence-corrected chi connectivity index (χ4v) is 2.19. The van der Waals surface area contributed by atoms with Crippen molar-refractivity contribution in [3.8, 4) is 0 Å². The van der Waals surface area contributed by atoms with E-state index in [9.17, 15) is 9.90 Å². The lowest BCUT2D eigenvalue weighted by Gasteiger charge is -2.22. The molecule has 18 heavy (non-hydrogen) atoms. The molecule has 1 aliphatic carbocycles. The van der Waals surface area contributed by atoms with E-state index < -0.39 is 0 Å². The lowest BCUT2D eigenvalue weighted by Crippen LogP contribution is -2.36. The van der Waals surface area contributed by atoms with Gasteiger partial charge in [0.05, 0.1) is 0 Å². The molecule has 1 aromatic rings. The van der Waals surface area contributed by atoms with Crippen LogP contribution >= 0.6 is 15.9 Å². The normalized spacial score (nSPS) is 15.8. The second-order valence-electron chi connectivity index (χ2n) is 5.69. The molecule has 1 aromatic heterocycles. The lowest BCUT2D eigenvalue weighted by atomic mass is 9.95. The van der Waals surface area contributed by atoms with Crippen LogP contribution in [0.4, 0.5) is 0 Å². The number of halogens is 1. The minimum atomic E-state index is -0.288. The summed E-state index contributed by atoms with van der Waals surface area (Å²) in [4.78, 5) is 12.1. The predicted molar refractivity (Wildman–Crippen MR) is 73.6 cm³/mol. The zero-order valence-electron chi connectivity index (χ0n) is 10.7. The van der Waals surface area contributed by atoms with Gasteiger partial charge in [-0.3, -0.25) is 4.79 Å². The molecule has 1 saturated carbocycles. The number of rotatable bonds is 5. The molecule has 0 radical (unpaired) electrons. The Bertz CT molecular complexity index is 450. The van der Waals surface area contributed by atoms with E-state index in [2.05, 4.69) is 21.2 Å². The second-order valence-corrected chi connectivity index (χ2v) is 6.60. The number of amides is 1. The number of carbonyl (C=O) groups excluding carboxylic acids is 1. The van der Waals surface area contributed by atoms with E-state index in [4.69, 9.17) is 0 Å². The number of hydrogen-bond donors (Lipinski definition) is 2. The maximum absolute atomic E-state index is 12.1. The van der Waals surface area contributed by atoms with Crippen molar-refractivity contribution < 1.29 is 9.90 Å². The molecule has 2 N–H and O–H groups in total. The number of carbonyl (C=O) groups is 1. The van der Waals surface area contributed by atoms with Gasteiger partial charge in [-0.05, 0) is 34.8 Å². The molecular weight excluding hydrogens is 296 g/mol. The topological polar surface area (TPSA) is 54.3 Å². The summed E-state index contributed by atoms with van der Waals surface area (Å²) in [5.41, 5.74) is 0.405. The summed E-state index contributed by atoms with van der Waals surface area (Å²) in [6.07, 6.45) is 4.25. The third kappa shape index (κ3) is 3.14. The van der Waals surface area contributed by atoms with Crippen LogP contribution < -0.4 is 5.32 Å². The van der Waals surface area contributed by atoms with Crippen molar-refractivity contribution in [3.63, 3.8) is 0 Å². The third-order valence-corrected chi connectivity index (χ3v) is 3.58. The highest BCUT2D eigenvalue weighted by atomic mass is 79.9. The zero-order chi connectivity index (χ0) is 13.3. The van der Waals surface area contributed by atoms with Gasteiger partial charge in [-0.15, -0.1) is 0 Å². The van der Waals surface area contributed by atoms with Gasteiger partial charge < -0.3 is 15.0 Å². The highest BCUT2D eigenvalue weighted by Crippen LogP contribution is 2.37. The van der Waals surface area contributed by atoms with Gasteiger partial charge >= 0.3 is 0 Å². The van der Waals surface area contributed by atoms with Gasteiger partial charge in [0.15, 0.2) is 0 Å². The predicted octanol–water partition coefficient (Wildman–Crippen LogP) is 2.33. The van der Waals surface area contributed by atoms with E-state index >= 15 is 0 Å². The second kappa shape index (κ2) is 5.05. The first-order chi connectivity index (χ1) is 8.43. The van der Waals surface area contributed by atoms with Gasteiger partial charge in [0.1, 0.15) is 5.69 Å². The quantitative estimate of drug-likeness (QED) is 0.876. The van der Waals surface area contributed by atoms with Gasteiger partial charge in [0.25, 0.3) is 5.91 Å². The lowest BCUT2D eigenvalue weighted by molar-refractivity contribution is 0.0901. The summed E-state index contributed by atoms with van der Waals surface area (Å²) >= 11 is 3.41. The molecule has 1 aliphatic rings. The van der Waals surface area contributed by atoms with Gasteiger partial charge in [-0.1, -0.05) is 13.8 Å². The molecule has 0 aliphatic heterocycles. The van der Waals surface area contributed by atoms with Crippen LogP contribution in [-0.2, 0) is 0 Å². The van der Waals surface area contributed by atoms with Crippen LogP contribution in [-0.4, -0.2) is 28.7 Å². The van der Waals surface area contributed by atoms with Crippen molar-refractivity contribution in [3.05, 3.63) is 22.4 Å². The molecule has 0 bridgehead atoms. The average molecular weight is 315 g/mol. The SMILES string of the molecule is CC(C)(CO)CNC(=O)c1cc(Br)cn1C1CC1. The first-order valence-electron chi connectivity index (χ1n) is 6.19. The van der Waals surface area contributed by atoms with Crippen molar-refractivity contribution in [2.45, 2.75) is 32.7 Å². The van der Waals surface area contributed by atoms with E-state index in [1.54, 1.807) is 0 Å². The van der Waals surface area contributed by atoms with Crippen LogP contribution in [0.5, 0.6) is 0 Å². The average Bonchev–Trinajstić information content (AvgIpc) is 3.09. The first kappa shape index (κ1) is 13.6. The molecule has 0 unspecified atom stereocenters. The van der Waals surface area contributed by atoms with E-state index in [0.717, 1.165) is 17.3 Å². The number of nitrogens with zero attached hydrogens (tertiary/aromatic N) is 1. The smallest absolute Gasteiger partial charge is 0.267 e. The van der Waals surface area contributed by atoms with Crippen molar-refractivity contribution in [1.82, 2.24) is 9.88 Å². The van der Waals surface area contributed by atoms with E-state index in [-0.39, 0.29) is 17.9 Å². The van der Waals surface area contributed by atoms with Gasteiger partial charge in [0.2, 0.25) is 0 Å². The third-order valence-electron chi connectivity index (χ3n) is 3.14. The monoisotopic (exact) mass is 314 g/mol. The Morgan fingerprint density at radius 1 is 1.61 bits per heavy atom. The Hall–Kier alpha value is -0.810. The van der Waals surface area contributed by atoms with Crippen LogP contribution in [0.15, 0.2) is 16.7 Å². The molecule has 1 heterocycles. The Morgan fingerprint density at radius 3 is 2.83 bits per heavy atom. The van der Waals surface area contributed by atoms with Crippen LogP contribution in [0.3, 0.4) is 0 Å². The summed E-state index contributed by atoms with van der Waals surface area (Å²) < 4.78 is 2.96. The number of aliphatic hydroxyl groups excluding tert-OH is 1. The summed E-state index contributed by atoms with van der Waals surface area (Å²) in [7, 11) is 0. The van der Waals surface area contributed by atoms with Crippen molar-refractivity contribution >= 4 is 21.8 Å². The van der Waals surface area contributed by atoms with Crippen molar-refractivity contribution in [2.75, 3.05) is 13.2 Å². The largest absolute Gasteiger partial charge is 0.396 e. The maximum atomic E-state index is 12.1. The molecule has 1 amide bonds.